The number of hydrogen-bond acceptors (Lipinski definition) is 4. The van der Waals surface area contributed by atoms with E-state index in [4.69, 9.17) is 4.74 Å². The summed E-state index contributed by atoms with van der Waals surface area (Å²) in [6, 6.07) is 3.13. The molecule has 2 aliphatic carbocycles. The third-order valence-corrected chi connectivity index (χ3v) is 7.00. The molecule has 0 aromatic carbocycles. The van der Waals surface area contributed by atoms with Gasteiger partial charge in [-0.15, -0.1) is 0 Å². The van der Waals surface area contributed by atoms with Gasteiger partial charge in [-0.25, -0.2) is 0 Å². The summed E-state index contributed by atoms with van der Waals surface area (Å²) in [7, 11) is 0. The number of amides is 2. The number of rotatable bonds is 6. The van der Waals surface area contributed by atoms with E-state index in [1.165, 1.54) is 12.3 Å². The first-order chi connectivity index (χ1) is 14.6. The molecule has 4 rings (SSSR count). The SMILES string of the molecule is O=C(c1ccc(=O)[nH]c1)N(C[C@H]1CCCO1)C1(C(=O)NC2CCCC2)CCCCC1. The zero-order chi connectivity index (χ0) is 21.0. The lowest BCUT2D eigenvalue weighted by atomic mass is 9.78. The minimum Gasteiger partial charge on any atom is -0.376 e. The van der Waals surface area contributed by atoms with E-state index in [1.54, 1.807) is 11.0 Å². The quantitative estimate of drug-likeness (QED) is 0.747. The minimum absolute atomic E-state index is 0.00938. The monoisotopic (exact) mass is 415 g/mol. The molecular weight excluding hydrogens is 382 g/mol. The molecule has 30 heavy (non-hydrogen) atoms. The Hall–Kier alpha value is -2.15. The Morgan fingerprint density at radius 3 is 2.47 bits per heavy atom. The van der Waals surface area contributed by atoms with Crippen molar-refractivity contribution < 1.29 is 14.3 Å². The van der Waals surface area contributed by atoms with Crippen molar-refractivity contribution in [1.82, 2.24) is 15.2 Å². The highest BCUT2D eigenvalue weighted by atomic mass is 16.5. The average Bonchev–Trinajstić information content (AvgIpc) is 3.47. The number of pyridine rings is 1. The molecule has 3 fully saturated rings. The van der Waals surface area contributed by atoms with Gasteiger partial charge in [0, 0.05) is 31.5 Å². The lowest BCUT2D eigenvalue weighted by Gasteiger charge is -2.46. The summed E-state index contributed by atoms with van der Waals surface area (Å²) < 4.78 is 5.85. The molecule has 1 aromatic rings. The van der Waals surface area contributed by atoms with Crippen LogP contribution in [0.3, 0.4) is 0 Å². The second kappa shape index (κ2) is 9.33. The van der Waals surface area contributed by atoms with Crippen LogP contribution in [0.4, 0.5) is 0 Å². The molecule has 0 bridgehead atoms. The van der Waals surface area contributed by atoms with E-state index in [0.717, 1.165) is 57.8 Å². The highest BCUT2D eigenvalue weighted by Gasteiger charge is 2.48. The van der Waals surface area contributed by atoms with Gasteiger partial charge in [0.2, 0.25) is 11.5 Å². The van der Waals surface area contributed by atoms with Gasteiger partial charge in [0.05, 0.1) is 11.7 Å². The molecule has 1 saturated heterocycles. The predicted octanol–water partition coefficient (Wildman–Crippen LogP) is 2.76. The first-order valence-corrected chi connectivity index (χ1v) is 11.5. The topological polar surface area (TPSA) is 91.5 Å². The van der Waals surface area contributed by atoms with Crippen LogP contribution in [0.2, 0.25) is 0 Å². The van der Waals surface area contributed by atoms with Gasteiger partial charge in [0.1, 0.15) is 5.54 Å². The maximum Gasteiger partial charge on any atom is 0.256 e. The predicted molar refractivity (Wildman–Crippen MR) is 113 cm³/mol. The van der Waals surface area contributed by atoms with Crippen molar-refractivity contribution >= 4 is 11.8 Å². The van der Waals surface area contributed by atoms with Gasteiger partial charge >= 0.3 is 0 Å². The number of aromatic nitrogens is 1. The summed E-state index contributed by atoms with van der Waals surface area (Å²) >= 11 is 0. The number of H-pyrrole nitrogens is 1. The number of nitrogens with zero attached hydrogens (tertiary/aromatic N) is 1. The Kier molecular flexibility index (Phi) is 6.56. The standard InChI is InChI=1S/C23H33N3O4/c27-20-11-10-17(15-24-20)21(28)26(16-19-9-6-14-30-19)23(12-4-1-5-13-23)22(29)25-18-7-2-3-8-18/h10-11,15,18-19H,1-9,12-14,16H2,(H,24,27)(H,25,29)/t19-/m1/s1. The minimum atomic E-state index is -0.847. The number of aromatic amines is 1. The number of carbonyl (C=O) groups is 2. The number of nitrogens with one attached hydrogen (secondary N) is 2. The highest BCUT2D eigenvalue weighted by Crippen LogP contribution is 2.36. The second-order valence-corrected chi connectivity index (χ2v) is 9.04. The molecule has 164 valence electrons. The van der Waals surface area contributed by atoms with Crippen LogP contribution in [-0.4, -0.2) is 52.5 Å². The van der Waals surface area contributed by atoms with Gasteiger partial charge in [-0.2, -0.15) is 0 Å². The van der Waals surface area contributed by atoms with E-state index >= 15 is 0 Å². The van der Waals surface area contributed by atoms with Crippen molar-refractivity contribution in [2.75, 3.05) is 13.2 Å². The smallest absolute Gasteiger partial charge is 0.256 e. The number of ether oxygens (including phenoxy) is 1. The average molecular weight is 416 g/mol. The van der Waals surface area contributed by atoms with Crippen molar-refractivity contribution in [2.45, 2.75) is 88.3 Å². The fourth-order valence-electron chi connectivity index (χ4n) is 5.29. The van der Waals surface area contributed by atoms with E-state index in [-0.39, 0.29) is 29.5 Å². The van der Waals surface area contributed by atoms with Crippen molar-refractivity contribution in [2.24, 2.45) is 0 Å². The molecule has 2 saturated carbocycles. The first-order valence-electron chi connectivity index (χ1n) is 11.5. The lowest BCUT2D eigenvalue weighted by Crippen LogP contribution is -2.64. The molecule has 1 atom stereocenters. The zero-order valence-corrected chi connectivity index (χ0v) is 17.7. The van der Waals surface area contributed by atoms with E-state index in [1.807, 2.05) is 0 Å². The van der Waals surface area contributed by atoms with Crippen LogP contribution >= 0.6 is 0 Å². The molecule has 7 heteroatoms. The van der Waals surface area contributed by atoms with E-state index < -0.39 is 5.54 Å². The van der Waals surface area contributed by atoms with Gasteiger partial charge in [-0.05, 0) is 44.6 Å². The Balaban J connectivity index is 1.66. The van der Waals surface area contributed by atoms with Crippen molar-refractivity contribution in [1.29, 1.82) is 0 Å². The Morgan fingerprint density at radius 1 is 1.07 bits per heavy atom. The fourth-order valence-corrected chi connectivity index (χ4v) is 5.29. The summed E-state index contributed by atoms with van der Waals surface area (Å²) in [4.78, 5) is 43.2. The fraction of sp³-hybridized carbons (Fsp3) is 0.696. The van der Waals surface area contributed by atoms with Gasteiger partial charge in [0.15, 0.2) is 0 Å². The zero-order valence-electron chi connectivity index (χ0n) is 17.7. The largest absolute Gasteiger partial charge is 0.376 e. The van der Waals surface area contributed by atoms with Crippen LogP contribution in [0.5, 0.6) is 0 Å². The van der Waals surface area contributed by atoms with Crippen LogP contribution in [0.25, 0.3) is 0 Å². The second-order valence-electron chi connectivity index (χ2n) is 9.04. The molecule has 7 nitrogen and oxygen atoms in total. The van der Waals surface area contributed by atoms with Gasteiger partial charge < -0.3 is 19.9 Å². The summed E-state index contributed by atoms with van der Waals surface area (Å²) in [5.74, 6) is -0.213. The first kappa shape index (κ1) is 21.1. The van der Waals surface area contributed by atoms with Gasteiger partial charge in [0.25, 0.3) is 5.91 Å². The molecule has 3 aliphatic rings. The molecule has 0 unspecified atom stereocenters. The maximum atomic E-state index is 13.7. The van der Waals surface area contributed by atoms with Gasteiger partial charge in [-0.3, -0.25) is 14.4 Å². The summed E-state index contributed by atoms with van der Waals surface area (Å²) in [6.45, 7) is 1.11. The summed E-state index contributed by atoms with van der Waals surface area (Å²) in [5.41, 5.74) is -0.685. The molecule has 0 spiro atoms. The van der Waals surface area contributed by atoms with Crippen LogP contribution in [0, 0.1) is 0 Å². The molecule has 1 aromatic heterocycles. The maximum absolute atomic E-state index is 13.7. The molecule has 2 amide bonds. The Bertz CT molecular complexity index is 782. The van der Waals surface area contributed by atoms with Crippen LogP contribution < -0.4 is 10.9 Å². The van der Waals surface area contributed by atoms with Crippen molar-refractivity contribution in [3.8, 4) is 0 Å². The summed E-state index contributed by atoms with van der Waals surface area (Å²) in [6.07, 6.45) is 11.9. The van der Waals surface area contributed by atoms with Crippen molar-refractivity contribution in [3.63, 3.8) is 0 Å². The third kappa shape index (κ3) is 4.46. The Labute approximate surface area is 177 Å². The van der Waals surface area contributed by atoms with E-state index in [2.05, 4.69) is 10.3 Å². The Morgan fingerprint density at radius 2 is 1.83 bits per heavy atom. The summed E-state index contributed by atoms with van der Waals surface area (Å²) in [5, 5.41) is 3.28. The highest BCUT2D eigenvalue weighted by molar-refractivity contribution is 5.99. The molecule has 2 heterocycles. The normalized spacial score (nSPS) is 23.9. The number of hydrogen-bond donors (Lipinski definition) is 2. The van der Waals surface area contributed by atoms with Crippen LogP contribution in [0.1, 0.15) is 81.0 Å². The third-order valence-electron chi connectivity index (χ3n) is 7.00. The molecule has 0 radical (unpaired) electrons. The van der Waals surface area contributed by atoms with Gasteiger partial charge in [-0.1, -0.05) is 32.1 Å². The van der Waals surface area contributed by atoms with Crippen LogP contribution in [0.15, 0.2) is 23.1 Å². The molecule has 2 N–H and O–H groups in total. The van der Waals surface area contributed by atoms with E-state index in [9.17, 15) is 14.4 Å². The lowest BCUT2D eigenvalue weighted by molar-refractivity contribution is -0.136. The van der Waals surface area contributed by atoms with E-state index in [0.29, 0.717) is 31.6 Å². The molecular formula is C23H33N3O4. The van der Waals surface area contributed by atoms with Crippen LogP contribution in [-0.2, 0) is 9.53 Å². The van der Waals surface area contributed by atoms with Crippen molar-refractivity contribution in [3.05, 3.63) is 34.2 Å². The number of carbonyl (C=O) groups excluding carboxylic acids is 2. The molecule has 1 aliphatic heterocycles.